The molecule has 58 heavy (non-hydrogen) atoms. The fourth-order valence-corrected chi connectivity index (χ4v) is 10.1. The van der Waals surface area contributed by atoms with Crippen molar-refractivity contribution in [2.24, 2.45) is 0 Å². The summed E-state index contributed by atoms with van der Waals surface area (Å²) in [5, 5.41) is 15.4. The lowest BCUT2D eigenvalue weighted by atomic mass is 10.0. The summed E-state index contributed by atoms with van der Waals surface area (Å²) in [5.41, 5.74) is 4.01. The normalized spacial score (nSPS) is 19.1. The van der Waals surface area contributed by atoms with Crippen molar-refractivity contribution in [3.63, 3.8) is 0 Å². The minimum absolute atomic E-state index is 0.0986. The van der Waals surface area contributed by atoms with Crippen molar-refractivity contribution in [1.82, 2.24) is 49.0 Å². The smallest absolute Gasteiger partial charge is 0.256 e. The van der Waals surface area contributed by atoms with Gasteiger partial charge >= 0.3 is 0 Å². The quantitative estimate of drug-likeness (QED) is 0.178. The van der Waals surface area contributed by atoms with Gasteiger partial charge in [-0.25, -0.2) is 23.4 Å². The number of hydrogen-bond acceptors (Lipinski definition) is 13. The van der Waals surface area contributed by atoms with Gasteiger partial charge in [-0.3, -0.25) is 29.3 Å². The minimum atomic E-state index is -3.50. The summed E-state index contributed by atoms with van der Waals surface area (Å²) in [6, 6.07) is 7.43. The molecule has 1 atom stereocenters. The van der Waals surface area contributed by atoms with Gasteiger partial charge in [0.05, 0.1) is 34.1 Å². The third-order valence-electron chi connectivity index (χ3n) is 11.5. The number of nitrogens with zero attached hydrogens (tertiary/aromatic N) is 10. The summed E-state index contributed by atoms with van der Waals surface area (Å²) in [5.74, 6) is 1.45. The molecule has 5 aromatic rings. The third kappa shape index (κ3) is 7.12. The molecule has 3 aliphatic heterocycles. The van der Waals surface area contributed by atoms with Crippen LogP contribution in [-0.4, -0.2) is 107 Å². The van der Waals surface area contributed by atoms with E-state index in [2.05, 4.69) is 78.4 Å². The second-order valence-electron chi connectivity index (χ2n) is 15.8. The van der Waals surface area contributed by atoms with Crippen molar-refractivity contribution < 1.29 is 22.8 Å². The molecule has 4 aliphatic rings. The van der Waals surface area contributed by atoms with Crippen LogP contribution in [0.25, 0.3) is 22.3 Å². The number of fused-ring (bicyclic) bond motifs is 2. The highest BCUT2D eigenvalue weighted by Gasteiger charge is 2.40. The van der Waals surface area contributed by atoms with Crippen LogP contribution in [0, 0.1) is 0 Å². The standard InChI is InChI=1S/C39H43BrN12O5S/c1-22(2)52-32-16-34(44-33-8-11-41-36(45-33)25-17-43-51(21-25)58(56,57)27-4-5-27)42-18-29(32)37(47-52)49-12-9-26(10-13-49)48(3)19-24-14-23-20-50(39(55)28(23)15-30(24)40)31-6-7-35(53)46-38(31)54/h8,11,14-18,21-22,26-27,31H,4-7,9-10,12-13,19-20H2,1-3H3,(H,46,53,54)(H,41,42,44,45). The van der Waals surface area contributed by atoms with Gasteiger partial charge in [-0.2, -0.15) is 14.3 Å². The van der Waals surface area contributed by atoms with Crippen LogP contribution in [0.15, 0.2) is 53.5 Å². The van der Waals surface area contributed by atoms with Crippen LogP contribution >= 0.6 is 15.9 Å². The Morgan fingerprint density at radius 2 is 1.81 bits per heavy atom. The topological polar surface area (TPSA) is 193 Å². The van der Waals surface area contributed by atoms with Crippen LogP contribution in [0.3, 0.4) is 0 Å². The first kappa shape index (κ1) is 38.3. The molecular formula is C39H43BrN12O5S. The molecular weight excluding hydrogens is 828 g/mol. The highest BCUT2D eigenvalue weighted by atomic mass is 79.9. The first-order valence-electron chi connectivity index (χ1n) is 19.5. The largest absolute Gasteiger partial charge is 0.354 e. The molecule has 3 amide bonds. The predicted octanol–water partition coefficient (Wildman–Crippen LogP) is 4.37. The SMILES string of the molecule is CC(C)n1nc(N2CCC(N(C)Cc3cc4c(cc3Br)C(=O)N(C3CCC(=O)NC3=O)C4)CC2)c2cnc(Nc3ccnc(-c4cnn(S(=O)(=O)C5CC5)c4)n3)cc21. The Balaban J connectivity index is 0.859. The number of imide groups is 1. The van der Waals surface area contributed by atoms with Crippen LogP contribution in [0.2, 0.25) is 0 Å². The number of aromatic nitrogens is 7. The van der Waals surface area contributed by atoms with E-state index >= 15 is 0 Å². The van der Waals surface area contributed by atoms with Gasteiger partial charge in [0.2, 0.25) is 11.8 Å². The Hall–Kier alpha value is -5.27. The van der Waals surface area contributed by atoms with Crippen molar-refractivity contribution >= 4 is 72.0 Å². The summed E-state index contributed by atoms with van der Waals surface area (Å²) >= 11 is 3.71. The first-order chi connectivity index (χ1) is 27.8. The summed E-state index contributed by atoms with van der Waals surface area (Å²) in [4.78, 5) is 57.5. The number of anilines is 3. The van der Waals surface area contributed by atoms with E-state index in [0.29, 0.717) is 67.0 Å². The average molecular weight is 872 g/mol. The zero-order valence-electron chi connectivity index (χ0n) is 32.3. The van der Waals surface area contributed by atoms with Crippen molar-refractivity contribution in [3.8, 4) is 11.4 Å². The number of benzene rings is 1. The van der Waals surface area contributed by atoms with Gasteiger partial charge in [0.15, 0.2) is 11.6 Å². The van der Waals surface area contributed by atoms with Crippen LogP contribution in [0.5, 0.6) is 0 Å². The molecule has 0 bridgehead atoms. The number of nitrogens with one attached hydrogen (secondary N) is 2. The second-order valence-corrected chi connectivity index (χ2v) is 18.7. The highest BCUT2D eigenvalue weighted by Crippen LogP contribution is 2.35. The number of pyridine rings is 1. The van der Waals surface area contributed by atoms with Crippen LogP contribution < -0.4 is 15.5 Å². The summed E-state index contributed by atoms with van der Waals surface area (Å²) in [6.45, 7) is 6.88. The molecule has 3 fully saturated rings. The molecule has 19 heteroatoms. The Morgan fingerprint density at radius 3 is 2.55 bits per heavy atom. The molecule has 9 rings (SSSR count). The van der Waals surface area contributed by atoms with Gasteiger partial charge in [0.1, 0.15) is 17.7 Å². The monoisotopic (exact) mass is 870 g/mol. The zero-order chi connectivity index (χ0) is 40.5. The van der Waals surface area contributed by atoms with Gasteiger partial charge in [-0.05, 0) is 76.3 Å². The molecule has 7 heterocycles. The number of piperidine rings is 2. The van der Waals surface area contributed by atoms with Gasteiger partial charge in [0, 0.05) is 73.2 Å². The fraction of sp³-hybridized carbons (Fsp3) is 0.436. The molecule has 0 spiro atoms. The molecule has 2 saturated heterocycles. The maximum absolute atomic E-state index is 13.3. The van der Waals surface area contributed by atoms with E-state index in [-0.39, 0.29) is 29.5 Å². The predicted molar refractivity (Wildman–Crippen MR) is 219 cm³/mol. The number of hydrogen-bond donors (Lipinski definition) is 2. The molecule has 1 aliphatic carbocycles. The maximum atomic E-state index is 13.3. The van der Waals surface area contributed by atoms with Gasteiger partial charge in [-0.15, -0.1) is 0 Å². The second kappa shape index (κ2) is 14.8. The summed E-state index contributed by atoms with van der Waals surface area (Å²) in [7, 11) is -1.36. The van der Waals surface area contributed by atoms with Crippen molar-refractivity contribution in [2.45, 2.75) is 88.8 Å². The molecule has 1 unspecified atom stereocenters. The van der Waals surface area contributed by atoms with E-state index < -0.39 is 22.0 Å². The van der Waals surface area contributed by atoms with E-state index in [1.165, 1.54) is 12.4 Å². The minimum Gasteiger partial charge on any atom is -0.354 e. The van der Waals surface area contributed by atoms with E-state index in [1.54, 1.807) is 17.2 Å². The Bertz CT molecular complexity index is 2580. The van der Waals surface area contributed by atoms with Gasteiger partial charge in [-0.1, -0.05) is 22.0 Å². The molecule has 17 nitrogen and oxygen atoms in total. The van der Waals surface area contributed by atoms with Crippen molar-refractivity contribution in [1.29, 1.82) is 0 Å². The number of carbonyl (C=O) groups is 3. The van der Waals surface area contributed by atoms with Crippen molar-refractivity contribution in [3.05, 3.63) is 70.2 Å². The fourth-order valence-electron chi connectivity index (χ4n) is 8.17. The Kier molecular flexibility index (Phi) is 9.79. The molecule has 302 valence electrons. The average Bonchev–Trinajstić information content (AvgIpc) is 3.71. The molecule has 2 N–H and O–H groups in total. The van der Waals surface area contributed by atoms with Crippen LogP contribution in [-0.2, 0) is 32.7 Å². The summed E-state index contributed by atoms with van der Waals surface area (Å²) in [6.07, 6.45) is 10.1. The zero-order valence-corrected chi connectivity index (χ0v) is 34.7. The van der Waals surface area contributed by atoms with E-state index in [0.717, 1.165) is 62.3 Å². The number of halogens is 1. The molecule has 1 aromatic carbocycles. The number of carbonyl (C=O) groups excluding carboxylic acids is 3. The molecule has 1 saturated carbocycles. The van der Waals surface area contributed by atoms with E-state index in [4.69, 9.17) is 10.1 Å². The van der Waals surface area contributed by atoms with Crippen molar-refractivity contribution in [2.75, 3.05) is 30.4 Å². The highest BCUT2D eigenvalue weighted by molar-refractivity contribution is 9.10. The Morgan fingerprint density at radius 1 is 1.02 bits per heavy atom. The Labute approximate surface area is 343 Å². The first-order valence-corrected chi connectivity index (χ1v) is 21.8. The number of rotatable bonds is 11. The molecule has 4 aromatic heterocycles. The lowest BCUT2D eigenvalue weighted by Crippen LogP contribution is -2.52. The summed E-state index contributed by atoms with van der Waals surface area (Å²) < 4.78 is 29.2. The van der Waals surface area contributed by atoms with E-state index in [9.17, 15) is 22.8 Å². The third-order valence-corrected chi connectivity index (χ3v) is 14.3. The lowest BCUT2D eigenvalue weighted by molar-refractivity contribution is -0.136. The molecule has 0 radical (unpaired) electrons. The van der Waals surface area contributed by atoms with Crippen LogP contribution in [0.1, 0.15) is 79.9 Å². The maximum Gasteiger partial charge on any atom is 0.256 e. The van der Waals surface area contributed by atoms with E-state index in [1.807, 2.05) is 23.0 Å². The number of amides is 3. The van der Waals surface area contributed by atoms with Gasteiger partial charge < -0.3 is 15.1 Å². The lowest BCUT2D eigenvalue weighted by Gasteiger charge is -2.37. The van der Waals surface area contributed by atoms with Crippen LogP contribution in [0.4, 0.5) is 17.5 Å². The van der Waals surface area contributed by atoms with Gasteiger partial charge in [0.25, 0.3) is 15.9 Å².